The Labute approximate surface area is 115 Å². The summed E-state index contributed by atoms with van der Waals surface area (Å²) in [5.74, 6) is -0.345. The van der Waals surface area contributed by atoms with E-state index in [1.807, 2.05) is 20.8 Å². The molecule has 0 saturated heterocycles. The molecule has 0 aromatic rings. The molecular weight excluding hydrogens is 252 g/mol. The van der Waals surface area contributed by atoms with Gasteiger partial charge < -0.3 is 10.2 Å². The summed E-state index contributed by atoms with van der Waals surface area (Å²) in [6.07, 6.45) is 6.52. The van der Waals surface area contributed by atoms with Crippen LogP contribution in [0.3, 0.4) is 0 Å². The molecule has 0 aromatic heterocycles. The average molecular weight is 273 g/mol. The summed E-state index contributed by atoms with van der Waals surface area (Å²) in [4.78, 5) is 0. The van der Waals surface area contributed by atoms with Crippen molar-refractivity contribution in [2.75, 3.05) is 6.61 Å². The molecular formula is C14H21CrO2-. The van der Waals surface area contributed by atoms with Crippen molar-refractivity contribution >= 4 is 0 Å². The number of allylic oxidation sites excluding steroid dienone is 5. The molecule has 0 rings (SSSR count). The molecule has 0 aliphatic carbocycles. The van der Waals surface area contributed by atoms with Crippen LogP contribution in [-0.2, 0) is 17.4 Å². The summed E-state index contributed by atoms with van der Waals surface area (Å²) in [6.45, 7) is 13.0. The van der Waals surface area contributed by atoms with Gasteiger partial charge in [0.15, 0.2) is 0 Å². The van der Waals surface area contributed by atoms with Crippen molar-refractivity contribution in [2.24, 2.45) is 11.8 Å². The number of hydrogen-bond donors (Lipinski definition) is 2. The monoisotopic (exact) mass is 273 g/mol. The quantitative estimate of drug-likeness (QED) is 0.443. The van der Waals surface area contributed by atoms with E-state index in [0.29, 0.717) is 0 Å². The SMILES string of the molecule is C=C(C)/C(=C\[C-]=CC)C(C(=C)O)[C@@H](C)CO.[Cr]. The minimum atomic E-state index is -0.296. The van der Waals surface area contributed by atoms with Crippen LogP contribution in [0.2, 0.25) is 0 Å². The topological polar surface area (TPSA) is 40.5 Å². The average Bonchev–Trinajstić information content (AvgIpc) is 2.22. The molecule has 0 bridgehead atoms. The Kier molecular flexibility index (Phi) is 10.2. The van der Waals surface area contributed by atoms with Crippen LogP contribution in [0.25, 0.3) is 0 Å². The van der Waals surface area contributed by atoms with Gasteiger partial charge in [0.25, 0.3) is 0 Å². The van der Waals surface area contributed by atoms with Crippen LogP contribution in [0.1, 0.15) is 20.8 Å². The molecule has 0 aromatic carbocycles. The molecule has 0 radical (unpaired) electrons. The van der Waals surface area contributed by atoms with Crippen LogP contribution in [0, 0.1) is 17.9 Å². The maximum absolute atomic E-state index is 9.61. The van der Waals surface area contributed by atoms with Gasteiger partial charge in [-0.3, -0.25) is 6.08 Å². The number of aliphatic hydroxyl groups is 2. The van der Waals surface area contributed by atoms with E-state index in [-0.39, 0.29) is 41.6 Å². The normalized spacial score (nSPS) is 15.2. The minimum absolute atomic E-state index is 0. The van der Waals surface area contributed by atoms with Crippen molar-refractivity contribution in [1.82, 2.24) is 0 Å². The van der Waals surface area contributed by atoms with Gasteiger partial charge in [-0.1, -0.05) is 27.4 Å². The predicted molar refractivity (Wildman–Crippen MR) is 67.9 cm³/mol. The molecule has 0 amide bonds. The van der Waals surface area contributed by atoms with Crippen LogP contribution in [0.15, 0.2) is 42.2 Å². The van der Waals surface area contributed by atoms with Crippen molar-refractivity contribution in [2.45, 2.75) is 20.8 Å². The fourth-order valence-electron chi connectivity index (χ4n) is 1.57. The maximum atomic E-state index is 9.61. The van der Waals surface area contributed by atoms with Crippen molar-refractivity contribution in [3.05, 3.63) is 48.3 Å². The zero-order chi connectivity index (χ0) is 12.7. The van der Waals surface area contributed by atoms with E-state index in [1.165, 1.54) is 0 Å². The van der Waals surface area contributed by atoms with Gasteiger partial charge in [-0.05, 0) is 11.8 Å². The third kappa shape index (κ3) is 5.93. The van der Waals surface area contributed by atoms with Crippen LogP contribution in [0.4, 0.5) is 0 Å². The Balaban J connectivity index is 0. The van der Waals surface area contributed by atoms with Crippen LogP contribution < -0.4 is 0 Å². The van der Waals surface area contributed by atoms with E-state index in [9.17, 15) is 10.2 Å². The van der Waals surface area contributed by atoms with E-state index >= 15 is 0 Å². The van der Waals surface area contributed by atoms with Gasteiger partial charge in [-0.2, -0.15) is 11.6 Å². The smallest absolute Gasteiger partial charge is 0.0761 e. The van der Waals surface area contributed by atoms with Gasteiger partial charge in [0.05, 0.1) is 5.76 Å². The first-order valence-electron chi connectivity index (χ1n) is 5.34. The van der Waals surface area contributed by atoms with E-state index in [0.717, 1.165) is 11.1 Å². The third-order valence-corrected chi connectivity index (χ3v) is 2.45. The first-order valence-corrected chi connectivity index (χ1v) is 5.34. The second-order valence-electron chi connectivity index (χ2n) is 3.96. The Morgan fingerprint density at radius 2 is 1.94 bits per heavy atom. The summed E-state index contributed by atoms with van der Waals surface area (Å²) in [7, 11) is 0. The van der Waals surface area contributed by atoms with Gasteiger partial charge in [-0.25, -0.2) is 6.08 Å². The van der Waals surface area contributed by atoms with E-state index in [1.54, 1.807) is 12.2 Å². The van der Waals surface area contributed by atoms with Crippen molar-refractivity contribution in [3.63, 3.8) is 0 Å². The molecule has 2 nitrogen and oxygen atoms in total. The molecule has 0 aliphatic heterocycles. The molecule has 0 fully saturated rings. The predicted octanol–water partition coefficient (Wildman–Crippen LogP) is 3.18. The fourth-order valence-corrected chi connectivity index (χ4v) is 1.57. The Morgan fingerprint density at radius 3 is 2.24 bits per heavy atom. The first kappa shape index (κ1) is 18.6. The number of hydrogen-bond acceptors (Lipinski definition) is 2. The molecule has 0 saturated carbocycles. The van der Waals surface area contributed by atoms with Crippen molar-refractivity contribution in [3.8, 4) is 0 Å². The Hall–Kier alpha value is -0.748. The fraction of sp³-hybridized carbons (Fsp3) is 0.429. The summed E-state index contributed by atoms with van der Waals surface area (Å²) >= 11 is 0. The third-order valence-electron chi connectivity index (χ3n) is 2.45. The van der Waals surface area contributed by atoms with Crippen molar-refractivity contribution in [1.29, 1.82) is 0 Å². The summed E-state index contributed by atoms with van der Waals surface area (Å²) in [5, 5.41) is 18.8. The number of rotatable bonds is 6. The van der Waals surface area contributed by atoms with Crippen LogP contribution >= 0.6 is 0 Å². The molecule has 96 valence electrons. The molecule has 0 spiro atoms. The molecule has 0 heterocycles. The maximum Gasteiger partial charge on any atom is 0.0761 e. The largest absolute Gasteiger partial charge is 0.514 e. The second kappa shape index (κ2) is 9.30. The number of aliphatic hydroxyl groups excluding tert-OH is 2. The van der Waals surface area contributed by atoms with Crippen molar-refractivity contribution < 1.29 is 27.6 Å². The molecule has 1 unspecified atom stereocenters. The van der Waals surface area contributed by atoms with E-state index in [2.05, 4.69) is 19.2 Å². The van der Waals surface area contributed by atoms with Gasteiger partial charge >= 0.3 is 0 Å². The van der Waals surface area contributed by atoms with Gasteiger partial charge in [-0.15, -0.1) is 12.2 Å². The van der Waals surface area contributed by atoms with Gasteiger partial charge in [0.2, 0.25) is 0 Å². The van der Waals surface area contributed by atoms with Gasteiger partial charge in [0.1, 0.15) is 0 Å². The molecule has 2 N–H and O–H groups in total. The Morgan fingerprint density at radius 1 is 1.41 bits per heavy atom. The molecule has 3 heteroatoms. The molecule has 0 aliphatic rings. The minimum Gasteiger partial charge on any atom is -0.514 e. The zero-order valence-corrected chi connectivity index (χ0v) is 12.0. The summed E-state index contributed by atoms with van der Waals surface area (Å²) in [5.41, 5.74) is 1.70. The summed E-state index contributed by atoms with van der Waals surface area (Å²) in [6, 6.07) is 0. The summed E-state index contributed by atoms with van der Waals surface area (Å²) < 4.78 is 0. The Bertz CT molecular complexity index is 316. The first-order chi connectivity index (χ1) is 7.45. The second-order valence-corrected chi connectivity index (χ2v) is 3.96. The molecule has 17 heavy (non-hydrogen) atoms. The standard InChI is InChI=1S/C14H21O2.Cr/c1-6-7-8-13(10(2)3)14(12(5)16)11(4)9-15;/h6,8,11,14-16H,2,5,9H2,1,3-4H3;/q-1;/b13-8+;/t11-,14?;/m0./s1. The van der Waals surface area contributed by atoms with Crippen LogP contribution in [0.5, 0.6) is 0 Å². The van der Waals surface area contributed by atoms with Crippen LogP contribution in [-0.4, -0.2) is 16.8 Å². The van der Waals surface area contributed by atoms with E-state index in [4.69, 9.17) is 0 Å². The van der Waals surface area contributed by atoms with Gasteiger partial charge in [0, 0.05) is 24.0 Å². The zero-order valence-electron chi connectivity index (χ0n) is 10.7. The molecule has 2 atom stereocenters. The van der Waals surface area contributed by atoms with E-state index < -0.39 is 0 Å².